The number of aliphatic hydroxyl groups is 1. The Morgan fingerprint density at radius 2 is 1.79 bits per heavy atom. The molecule has 2 aliphatic heterocycles. The summed E-state index contributed by atoms with van der Waals surface area (Å²) in [6.45, 7) is 0.345. The van der Waals surface area contributed by atoms with Crippen molar-refractivity contribution in [2.75, 3.05) is 26.0 Å². The van der Waals surface area contributed by atoms with E-state index in [0.717, 1.165) is 44.6 Å². The minimum absolute atomic E-state index is 0.0672. The number of sulfonamides is 1. The molecule has 2 saturated heterocycles. The maximum atomic E-state index is 13.8. The van der Waals surface area contributed by atoms with Crippen LogP contribution in [0.15, 0.2) is 18.2 Å². The third-order valence-electron chi connectivity index (χ3n) is 7.17. The van der Waals surface area contributed by atoms with Gasteiger partial charge in [0.05, 0.1) is 12.4 Å². The first-order chi connectivity index (χ1) is 13.8. The second-order valence-corrected chi connectivity index (χ2v) is 11.0. The average molecular weight is 429 g/mol. The molecule has 2 heterocycles. The molecular formula is C21H30F2N2O3S. The molecule has 29 heavy (non-hydrogen) atoms. The molecule has 1 aromatic rings. The van der Waals surface area contributed by atoms with Crippen LogP contribution in [0.25, 0.3) is 0 Å². The van der Waals surface area contributed by atoms with E-state index in [0.29, 0.717) is 18.5 Å². The molecule has 162 valence electrons. The van der Waals surface area contributed by atoms with Gasteiger partial charge in [0, 0.05) is 36.2 Å². The van der Waals surface area contributed by atoms with Gasteiger partial charge in [-0.3, -0.25) is 4.90 Å². The summed E-state index contributed by atoms with van der Waals surface area (Å²) in [4.78, 5) is 2.15. The second-order valence-electron chi connectivity index (χ2n) is 9.04. The van der Waals surface area contributed by atoms with Crippen LogP contribution in [0.5, 0.6) is 0 Å². The fourth-order valence-electron chi connectivity index (χ4n) is 5.57. The zero-order valence-corrected chi connectivity index (χ0v) is 17.7. The molecule has 0 amide bonds. The third-order valence-corrected chi connectivity index (χ3v) is 9.30. The fraction of sp³-hybridized carbons (Fsp3) is 0.714. The molecule has 3 unspecified atom stereocenters. The summed E-state index contributed by atoms with van der Waals surface area (Å²) in [5.74, 6) is -1.07. The van der Waals surface area contributed by atoms with Crippen LogP contribution in [0.4, 0.5) is 8.78 Å². The van der Waals surface area contributed by atoms with Crippen molar-refractivity contribution >= 4 is 10.0 Å². The number of benzene rings is 1. The number of likely N-dealkylation sites (tertiary alicyclic amines) is 1. The van der Waals surface area contributed by atoms with Gasteiger partial charge in [-0.05, 0) is 69.7 Å². The summed E-state index contributed by atoms with van der Waals surface area (Å²) in [6, 6.07) is 3.31. The Balaban J connectivity index is 1.54. The van der Waals surface area contributed by atoms with Crippen LogP contribution in [-0.2, 0) is 10.0 Å². The molecule has 0 radical (unpaired) electrons. The van der Waals surface area contributed by atoms with Crippen molar-refractivity contribution in [2.45, 2.75) is 63.1 Å². The third kappa shape index (κ3) is 4.09. The van der Waals surface area contributed by atoms with E-state index in [4.69, 9.17) is 0 Å². The van der Waals surface area contributed by atoms with Crippen LogP contribution in [0, 0.1) is 17.0 Å². The molecule has 1 aliphatic carbocycles. The summed E-state index contributed by atoms with van der Waals surface area (Å²) in [7, 11) is -1.50. The number of aliphatic hydroxyl groups excluding tert-OH is 1. The van der Waals surface area contributed by atoms with E-state index >= 15 is 0 Å². The van der Waals surface area contributed by atoms with Crippen LogP contribution in [0.3, 0.4) is 0 Å². The van der Waals surface area contributed by atoms with Gasteiger partial charge in [-0.25, -0.2) is 17.2 Å². The van der Waals surface area contributed by atoms with E-state index in [1.54, 1.807) is 0 Å². The van der Waals surface area contributed by atoms with Gasteiger partial charge in [-0.15, -0.1) is 0 Å². The highest BCUT2D eigenvalue weighted by Gasteiger charge is 2.56. The molecule has 3 aliphatic rings. The molecular weight excluding hydrogens is 398 g/mol. The highest BCUT2D eigenvalue weighted by Crippen LogP contribution is 2.56. The normalized spacial score (nSPS) is 30.6. The Morgan fingerprint density at radius 1 is 1.10 bits per heavy atom. The molecule has 1 aromatic carbocycles. The molecule has 4 rings (SSSR count). The van der Waals surface area contributed by atoms with Gasteiger partial charge in [-0.1, -0.05) is 0 Å². The van der Waals surface area contributed by atoms with Gasteiger partial charge in [-0.2, -0.15) is 4.31 Å². The van der Waals surface area contributed by atoms with Gasteiger partial charge in [0.2, 0.25) is 10.0 Å². The minimum Gasteiger partial charge on any atom is -0.395 e. The molecule has 8 heteroatoms. The fourth-order valence-corrected chi connectivity index (χ4v) is 7.98. The van der Waals surface area contributed by atoms with Crippen LogP contribution < -0.4 is 0 Å². The molecule has 1 saturated carbocycles. The molecule has 3 atom stereocenters. The van der Waals surface area contributed by atoms with Gasteiger partial charge < -0.3 is 5.11 Å². The summed E-state index contributed by atoms with van der Waals surface area (Å²) >= 11 is 0. The van der Waals surface area contributed by atoms with Gasteiger partial charge in [0.25, 0.3) is 0 Å². The lowest BCUT2D eigenvalue weighted by Gasteiger charge is -2.44. The second kappa shape index (κ2) is 7.87. The quantitative estimate of drug-likeness (QED) is 0.757. The maximum absolute atomic E-state index is 13.8. The minimum atomic E-state index is -3.46. The Hall–Kier alpha value is -1.09. The largest absolute Gasteiger partial charge is 0.395 e. The van der Waals surface area contributed by atoms with E-state index in [9.17, 15) is 22.3 Å². The summed E-state index contributed by atoms with van der Waals surface area (Å²) in [5.41, 5.74) is 0.314. The van der Waals surface area contributed by atoms with Crippen LogP contribution in [0.2, 0.25) is 0 Å². The predicted octanol–water partition coefficient (Wildman–Crippen LogP) is 3.06. The van der Waals surface area contributed by atoms with Crippen molar-refractivity contribution in [3.63, 3.8) is 0 Å². The molecule has 1 N–H and O–H groups in total. The van der Waals surface area contributed by atoms with Gasteiger partial charge in [0.15, 0.2) is 0 Å². The summed E-state index contributed by atoms with van der Waals surface area (Å²) in [6.07, 6.45) is 5.79. The smallest absolute Gasteiger partial charge is 0.215 e. The molecule has 0 aromatic heterocycles. The highest BCUT2D eigenvalue weighted by molar-refractivity contribution is 7.89. The van der Waals surface area contributed by atoms with Crippen LogP contribution >= 0.6 is 0 Å². The standard InChI is InChI=1S/C21H30F2N2O3S/c1-24-19(15-10-16(22)12-17(23)11-15)5-2-6-20(24)21(7-8-21)14-29(27,28)25-9-3-4-18(25)13-26/h10-12,18-20,26H,2-9,13-14H2,1H3. The Bertz CT molecular complexity index is 839. The van der Waals surface area contributed by atoms with Crippen molar-refractivity contribution in [1.29, 1.82) is 0 Å². The lowest BCUT2D eigenvalue weighted by atomic mass is 9.84. The van der Waals surface area contributed by atoms with E-state index in [2.05, 4.69) is 4.90 Å². The van der Waals surface area contributed by atoms with Crippen molar-refractivity contribution in [3.8, 4) is 0 Å². The highest BCUT2D eigenvalue weighted by atomic mass is 32.2. The van der Waals surface area contributed by atoms with Crippen molar-refractivity contribution in [2.24, 2.45) is 5.41 Å². The maximum Gasteiger partial charge on any atom is 0.215 e. The topological polar surface area (TPSA) is 60.9 Å². The number of halogens is 2. The van der Waals surface area contributed by atoms with E-state index in [-0.39, 0.29) is 35.9 Å². The summed E-state index contributed by atoms with van der Waals surface area (Å²) in [5, 5.41) is 9.53. The van der Waals surface area contributed by atoms with E-state index in [1.165, 1.54) is 16.4 Å². The SMILES string of the molecule is CN1C(c2cc(F)cc(F)c2)CCCC1C1(CS(=O)(=O)N2CCCC2CO)CC1. The van der Waals surface area contributed by atoms with Gasteiger partial charge in [0.1, 0.15) is 11.6 Å². The Labute approximate surface area is 171 Å². The first kappa shape index (κ1) is 21.2. The lowest BCUT2D eigenvalue weighted by Crippen LogP contribution is -2.49. The molecule has 3 fully saturated rings. The number of nitrogens with zero attached hydrogens (tertiary/aromatic N) is 2. The monoisotopic (exact) mass is 428 g/mol. The number of rotatable bonds is 6. The lowest BCUT2D eigenvalue weighted by molar-refractivity contribution is 0.0690. The van der Waals surface area contributed by atoms with Crippen molar-refractivity contribution < 1.29 is 22.3 Å². The van der Waals surface area contributed by atoms with Gasteiger partial charge >= 0.3 is 0 Å². The van der Waals surface area contributed by atoms with E-state index in [1.807, 2.05) is 7.05 Å². The number of hydrogen-bond donors (Lipinski definition) is 1. The van der Waals surface area contributed by atoms with E-state index < -0.39 is 21.7 Å². The first-order valence-corrected chi connectivity index (χ1v) is 12.1. The zero-order chi connectivity index (χ0) is 20.8. The first-order valence-electron chi connectivity index (χ1n) is 10.5. The molecule has 0 spiro atoms. The Kier molecular flexibility index (Phi) is 5.74. The van der Waals surface area contributed by atoms with Crippen LogP contribution in [-0.4, -0.2) is 60.8 Å². The number of hydrogen-bond acceptors (Lipinski definition) is 4. The number of piperidine rings is 1. The van der Waals surface area contributed by atoms with Crippen LogP contribution in [0.1, 0.15) is 56.6 Å². The average Bonchev–Trinajstić information content (AvgIpc) is 3.24. The van der Waals surface area contributed by atoms with Crippen molar-refractivity contribution in [3.05, 3.63) is 35.4 Å². The molecule has 5 nitrogen and oxygen atoms in total. The molecule has 0 bridgehead atoms. The van der Waals surface area contributed by atoms with Crippen molar-refractivity contribution in [1.82, 2.24) is 9.21 Å². The Morgan fingerprint density at radius 3 is 2.41 bits per heavy atom. The zero-order valence-electron chi connectivity index (χ0n) is 16.9. The summed E-state index contributed by atoms with van der Waals surface area (Å²) < 4.78 is 55.3. The predicted molar refractivity (Wildman–Crippen MR) is 107 cm³/mol.